The molecule has 0 aliphatic carbocycles. The van der Waals surface area contributed by atoms with E-state index in [1.54, 1.807) is 0 Å². The minimum absolute atomic E-state index is 0.0647. The van der Waals surface area contributed by atoms with E-state index in [1.807, 2.05) is 6.92 Å². The SMILES string of the molecule is CCCCS(=O)(=O)Nc1ccc(S(=O)(=O)N2CCCC(C)C2)cc1. The molecule has 24 heavy (non-hydrogen) atoms. The Hall–Kier alpha value is -1.12. The van der Waals surface area contributed by atoms with Crippen LogP contribution < -0.4 is 4.72 Å². The molecule has 0 spiro atoms. The molecule has 0 bridgehead atoms. The fraction of sp³-hybridized carbons (Fsp3) is 0.625. The zero-order valence-electron chi connectivity index (χ0n) is 14.2. The van der Waals surface area contributed by atoms with E-state index in [1.165, 1.54) is 28.6 Å². The molecule has 1 N–H and O–H groups in total. The van der Waals surface area contributed by atoms with Crippen molar-refractivity contribution in [3.63, 3.8) is 0 Å². The molecule has 1 saturated heterocycles. The number of nitrogens with one attached hydrogen (secondary N) is 1. The van der Waals surface area contributed by atoms with Gasteiger partial charge in [0.25, 0.3) is 0 Å². The van der Waals surface area contributed by atoms with Crippen molar-refractivity contribution in [3.8, 4) is 0 Å². The monoisotopic (exact) mass is 374 g/mol. The van der Waals surface area contributed by atoms with Crippen molar-refractivity contribution >= 4 is 25.7 Å². The molecule has 2 rings (SSSR count). The molecule has 1 aromatic rings. The van der Waals surface area contributed by atoms with E-state index in [2.05, 4.69) is 11.6 Å². The summed E-state index contributed by atoms with van der Waals surface area (Å²) in [6.07, 6.45) is 3.31. The first-order chi connectivity index (χ1) is 11.2. The highest BCUT2D eigenvalue weighted by Crippen LogP contribution is 2.24. The number of nitrogens with zero attached hydrogens (tertiary/aromatic N) is 1. The summed E-state index contributed by atoms with van der Waals surface area (Å²) in [6, 6.07) is 5.94. The van der Waals surface area contributed by atoms with Gasteiger partial charge in [-0.2, -0.15) is 4.31 Å². The lowest BCUT2D eigenvalue weighted by molar-refractivity contribution is 0.281. The average molecular weight is 375 g/mol. The van der Waals surface area contributed by atoms with Crippen molar-refractivity contribution in [2.45, 2.75) is 44.4 Å². The van der Waals surface area contributed by atoms with E-state index in [0.29, 0.717) is 31.1 Å². The molecule has 1 atom stereocenters. The molecule has 1 heterocycles. The zero-order chi connectivity index (χ0) is 17.8. The van der Waals surface area contributed by atoms with Crippen LogP contribution in [0.1, 0.15) is 39.5 Å². The molecule has 0 amide bonds. The van der Waals surface area contributed by atoms with E-state index in [9.17, 15) is 16.8 Å². The topological polar surface area (TPSA) is 83.5 Å². The second-order valence-corrected chi connectivity index (χ2v) is 10.2. The van der Waals surface area contributed by atoms with Gasteiger partial charge in [0, 0.05) is 18.8 Å². The molecule has 1 aromatic carbocycles. The summed E-state index contributed by atoms with van der Waals surface area (Å²) >= 11 is 0. The number of hydrogen-bond acceptors (Lipinski definition) is 4. The summed E-state index contributed by atoms with van der Waals surface area (Å²) in [5.74, 6) is 0.424. The number of piperidine rings is 1. The number of unbranched alkanes of at least 4 members (excludes halogenated alkanes) is 1. The van der Waals surface area contributed by atoms with Crippen LogP contribution in [0.2, 0.25) is 0 Å². The number of sulfonamides is 2. The summed E-state index contributed by atoms with van der Waals surface area (Å²) in [7, 11) is -6.90. The molecule has 0 aromatic heterocycles. The van der Waals surface area contributed by atoms with Gasteiger partial charge < -0.3 is 0 Å². The molecule has 136 valence electrons. The van der Waals surface area contributed by atoms with Crippen molar-refractivity contribution in [1.29, 1.82) is 0 Å². The van der Waals surface area contributed by atoms with Crippen LogP contribution in [0.15, 0.2) is 29.2 Å². The lowest BCUT2D eigenvalue weighted by Gasteiger charge is -2.30. The van der Waals surface area contributed by atoms with E-state index < -0.39 is 20.0 Å². The fourth-order valence-electron chi connectivity index (χ4n) is 2.77. The summed E-state index contributed by atoms with van der Waals surface area (Å²) in [5.41, 5.74) is 0.386. The Kier molecular flexibility index (Phi) is 6.28. The van der Waals surface area contributed by atoms with Crippen molar-refractivity contribution in [2.75, 3.05) is 23.6 Å². The molecule has 1 fully saturated rings. The average Bonchev–Trinajstić information content (AvgIpc) is 2.53. The van der Waals surface area contributed by atoms with Gasteiger partial charge in [-0.15, -0.1) is 0 Å². The van der Waals surface area contributed by atoms with Crippen molar-refractivity contribution in [2.24, 2.45) is 5.92 Å². The van der Waals surface area contributed by atoms with Gasteiger partial charge in [0.2, 0.25) is 20.0 Å². The maximum atomic E-state index is 12.7. The lowest BCUT2D eigenvalue weighted by Crippen LogP contribution is -2.39. The predicted octanol–water partition coefficient (Wildman–Crippen LogP) is 2.65. The second kappa shape index (κ2) is 7.84. The molecule has 0 saturated carbocycles. The zero-order valence-corrected chi connectivity index (χ0v) is 15.9. The maximum absolute atomic E-state index is 12.7. The van der Waals surface area contributed by atoms with Crippen LogP contribution in [0.5, 0.6) is 0 Å². The van der Waals surface area contributed by atoms with Gasteiger partial charge in [-0.3, -0.25) is 4.72 Å². The van der Waals surface area contributed by atoms with Crippen LogP contribution in [-0.4, -0.2) is 40.0 Å². The molecule has 1 aliphatic rings. The first kappa shape index (κ1) is 19.2. The van der Waals surface area contributed by atoms with Crippen LogP contribution in [0, 0.1) is 5.92 Å². The first-order valence-corrected chi connectivity index (χ1v) is 11.4. The number of rotatable bonds is 7. The Morgan fingerprint density at radius 2 is 1.83 bits per heavy atom. The van der Waals surface area contributed by atoms with Crippen LogP contribution in [0.3, 0.4) is 0 Å². The smallest absolute Gasteiger partial charge is 0.243 e. The van der Waals surface area contributed by atoms with Crippen LogP contribution in [0.25, 0.3) is 0 Å². The quantitative estimate of drug-likeness (QED) is 0.795. The van der Waals surface area contributed by atoms with Gasteiger partial charge in [0.05, 0.1) is 10.6 Å². The first-order valence-electron chi connectivity index (χ1n) is 8.35. The Morgan fingerprint density at radius 1 is 1.17 bits per heavy atom. The molecule has 0 radical (unpaired) electrons. The van der Waals surface area contributed by atoms with Crippen molar-refractivity contribution < 1.29 is 16.8 Å². The van der Waals surface area contributed by atoms with Gasteiger partial charge in [-0.1, -0.05) is 20.3 Å². The largest absolute Gasteiger partial charge is 0.284 e. The Labute approximate surface area is 145 Å². The van der Waals surface area contributed by atoms with E-state index in [-0.39, 0.29) is 10.6 Å². The Morgan fingerprint density at radius 3 is 2.42 bits per heavy atom. The molecule has 6 nitrogen and oxygen atoms in total. The fourth-order valence-corrected chi connectivity index (χ4v) is 5.64. The van der Waals surface area contributed by atoms with Crippen molar-refractivity contribution in [3.05, 3.63) is 24.3 Å². The second-order valence-electron chi connectivity index (χ2n) is 6.41. The number of anilines is 1. The van der Waals surface area contributed by atoms with Crippen LogP contribution >= 0.6 is 0 Å². The normalized spacial score (nSPS) is 20.0. The molecule has 8 heteroatoms. The highest BCUT2D eigenvalue weighted by atomic mass is 32.2. The summed E-state index contributed by atoms with van der Waals surface area (Å²) < 4.78 is 53.1. The molecule has 1 unspecified atom stereocenters. The Balaban J connectivity index is 2.11. The highest BCUT2D eigenvalue weighted by Gasteiger charge is 2.28. The van der Waals surface area contributed by atoms with Crippen molar-refractivity contribution in [1.82, 2.24) is 4.31 Å². The number of hydrogen-bond donors (Lipinski definition) is 1. The summed E-state index contributed by atoms with van der Waals surface area (Å²) in [5, 5.41) is 0. The van der Waals surface area contributed by atoms with Crippen LogP contribution in [0.4, 0.5) is 5.69 Å². The minimum atomic E-state index is -3.51. The third-order valence-corrected chi connectivity index (χ3v) is 7.40. The van der Waals surface area contributed by atoms with E-state index in [4.69, 9.17) is 0 Å². The van der Waals surface area contributed by atoms with E-state index in [0.717, 1.165) is 19.3 Å². The van der Waals surface area contributed by atoms with Gasteiger partial charge in [0.15, 0.2) is 0 Å². The highest BCUT2D eigenvalue weighted by molar-refractivity contribution is 7.92. The Bertz CT molecular complexity index is 743. The molecular weight excluding hydrogens is 348 g/mol. The molecule has 1 aliphatic heterocycles. The predicted molar refractivity (Wildman–Crippen MR) is 95.9 cm³/mol. The van der Waals surface area contributed by atoms with Gasteiger partial charge in [0.1, 0.15) is 0 Å². The summed E-state index contributed by atoms with van der Waals surface area (Å²) in [4.78, 5) is 0.202. The lowest BCUT2D eigenvalue weighted by atomic mass is 10.0. The van der Waals surface area contributed by atoms with Gasteiger partial charge in [-0.25, -0.2) is 16.8 Å². The number of benzene rings is 1. The standard InChI is InChI=1S/C16H26N2O4S2/c1-3-4-12-23(19,20)17-15-7-9-16(10-8-15)24(21,22)18-11-5-6-14(2)13-18/h7-10,14,17H,3-6,11-13H2,1-2H3. The minimum Gasteiger partial charge on any atom is -0.284 e. The van der Waals surface area contributed by atoms with Gasteiger partial charge >= 0.3 is 0 Å². The maximum Gasteiger partial charge on any atom is 0.243 e. The van der Waals surface area contributed by atoms with E-state index >= 15 is 0 Å². The summed E-state index contributed by atoms with van der Waals surface area (Å²) in [6.45, 7) is 5.05. The third-order valence-electron chi connectivity index (χ3n) is 4.15. The van der Waals surface area contributed by atoms with Crippen LogP contribution in [-0.2, 0) is 20.0 Å². The van der Waals surface area contributed by atoms with Gasteiger partial charge in [-0.05, 0) is 49.4 Å². The molecular formula is C16H26N2O4S2. The third kappa shape index (κ3) is 4.94.